The molecule has 118 valence electrons. The maximum Gasteiger partial charge on any atom is 0.149 e. The molecule has 0 spiro atoms. The molecule has 0 bridgehead atoms. The van der Waals surface area contributed by atoms with Crippen molar-refractivity contribution in [2.45, 2.75) is 26.7 Å². The largest absolute Gasteiger partial charge is 0.398 e. The van der Waals surface area contributed by atoms with Gasteiger partial charge in [0.15, 0.2) is 0 Å². The fraction of sp³-hybridized carbons (Fsp3) is 0.357. The molecule has 0 aromatic heterocycles. The average Bonchev–Trinajstić information content (AvgIpc) is 2.46. The molecule has 0 aliphatic rings. The third-order valence-electron chi connectivity index (χ3n) is 2.83. The van der Waals surface area contributed by atoms with E-state index in [9.17, 15) is 8.42 Å². The fourth-order valence-electron chi connectivity index (χ4n) is 1.93. The van der Waals surface area contributed by atoms with E-state index in [0.29, 0.717) is 5.56 Å². The molecule has 0 radical (unpaired) electrons. The number of hydroxylamine groups is 1. The lowest BCUT2D eigenvalue weighted by molar-refractivity contribution is 0.234. The first-order valence-electron chi connectivity index (χ1n) is 6.54. The number of nitrogens with two attached hydrogens (primary N) is 1. The van der Waals surface area contributed by atoms with Gasteiger partial charge in [0.2, 0.25) is 0 Å². The predicted molar refractivity (Wildman–Crippen MR) is 86.7 cm³/mol. The van der Waals surface area contributed by atoms with Crippen molar-refractivity contribution in [2.75, 3.05) is 11.5 Å². The summed E-state index contributed by atoms with van der Waals surface area (Å²) in [5.41, 5.74) is 11.3. The van der Waals surface area contributed by atoms with Crippen LogP contribution in [0.15, 0.2) is 24.8 Å². The summed E-state index contributed by atoms with van der Waals surface area (Å²) in [6, 6.07) is 3.54. The van der Waals surface area contributed by atoms with Crippen LogP contribution < -0.4 is 11.2 Å². The minimum Gasteiger partial charge on any atom is -0.398 e. The van der Waals surface area contributed by atoms with Crippen LogP contribution in [0, 0.1) is 5.41 Å². The van der Waals surface area contributed by atoms with Gasteiger partial charge >= 0.3 is 0 Å². The van der Waals surface area contributed by atoms with Gasteiger partial charge in [0.25, 0.3) is 0 Å². The maximum absolute atomic E-state index is 9.57. The topological polar surface area (TPSA) is 116 Å². The van der Waals surface area contributed by atoms with Gasteiger partial charge in [-0.25, -0.2) is 8.42 Å². The third kappa shape index (κ3) is 5.97. The van der Waals surface area contributed by atoms with Crippen LogP contribution in [0.25, 0.3) is 0 Å². The molecule has 0 atom stereocenters. The lowest BCUT2D eigenvalue weighted by atomic mass is 9.95. The Bertz CT molecular complexity index is 561. The Kier molecular flexibility index (Phi) is 9.07. The van der Waals surface area contributed by atoms with Gasteiger partial charge in [0, 0.05) is 11.3 Å². The molecule has 0 unspecified atom stereocenters. The summed E-state index contributed by atoms with van der Waals surface area (Å²) in [5, 5.41) is 16.3. The monoisotopic (exact) mass is 313 g/mol. The van der Waals surface area contributed by atoms with Crippen LogP contribution in [0.5, 0.6) is 0 Å². The van der Waals surface area contributed by atoms with Crippen LogP contribution >= 0.6 is 0 Å². The third-order valence-corrected chi connectivity index (χ3v) is 3.39. The van der Waals surface area contributed by atoms with E-state index in [1.54, 1.807) is 12.1 Å². The van der Waals surface area contributed by atoms with Crippen LogP contribution in [0.1, 0.15) is 30.5 Å². The van der Waals surface area contributed by atoms with Gasteiger partial charge in [-0.05, 0) is 36.1 Å². The average molecular weight is 313 g/mol. The summed E-state index contributed by atoms with van der Waals surface area (Å²) >= 11 is 0. The minimum atomic E-state index is -2.22. The van der Waals surface area contributed by atoms with Crippen molar-refractivity contribution < 1.29 is 13.6 Å². The number of nitrogen functional groups attached to an aromatic ring is 1. The summed E-state index contributed by atoms with van der Waals surface area (Å²) in [5.74, 6) is 0.108. The number of hydrogen-bond acceptors (Lipinski definition) is 5. The first-order valence-corrected chi connectivity index (χ1v) is 7.90. The molecule has 5 N–H and O–H groups in total. The number of nitrogens with one attached hydrogen (secondary N) is 2. The Balaban J connectivity index is 0.000000567. The van der Waals surface area contributed by atoms with E-state index in [2.05, 4.69) is 6.58 Å². The minimum absolute atomic E-state index is 0.0153. The highest BCUT2D eigenvalue weighted by Crippen LogP contribution is 2.22. The number of anilines is 1. The second kappa shape index (κ2) is 9.95. The first-order chi connectivity index (χ1) is 9.92. The number of hydrogen-bond donors (Lipinski definition) is 5. The van der Waals surface area contributed by atoms with E-state index in [4.69, 9.17) is 16.4 Å². The zero-order valence-electron chi connectivity index (χ0n) is 12.3. The molecule has 0 heterocycles. The molecule has 21 heavy (non-hydrogen) atoms. The molecular weight excluding hydrogens is 290 g/mol. The predicted octanol–water partition coefficient (Wildman–Crippen LogP) is 1.48. The summed E-state index contributed by atoms with van der Waals surface area (Å²) in [6.45, 7) is 7.27. The molecule has 0 fully saturated rings. The molecular formula is C14H23N3O3S. The number of rotatable bonds is 5. The quantitative estimate of drug-likeness (QED) is 0.141. The normalized spacial score (nSPS) is 9.71. The van der Waals surface area contributed by atoms with Gasteiger partial charge < -0.3 is 5.73 Å². The molecule has 6 nitrogen and oxygen atoms in total. The first kappa shape index (κ1) is 19.1. The highest BCUT2D eigenvalue weighted by Gasteiger charge is 2.11. The van der Waals surface area contributed by atoms with Crippen LogP contribution in [-0.2, 0) is 23.5 Å². The summed E-state index contributed by atoms with van der Waals surface area (Å²) in [4.78, 5) is 0. The fourth-order valence-corrected chi connectivity index (χ4v) is 2.14. The van der Waals surface area contributed by atoms with Gasteiger partial charge in [-0.3, -0.25) is 16.1 Å². The molecule has 1 aromatic carbocycles. The Labute approximate surface area is 127 Å². The lowest BCUT2D eigenvalue weighted by Crippen LogP contribution is -2.21. The van der Waals surface area contributed by atoms with Crippen LogP contribution in [0.3, 0.4) is 0 Å². The van der Waals surface area contributed by atoms with Crippen molar-refractivity contribution in [3.05, 3.63) is 41.5 Å². The molecule has 7 heteroatoms. The molecule has 0 aliphatic carbocycles. The SMILES string of the molecule is C=CC[SH](=O)=O.CCc1c(N)ccc(C(=N)NO)c1CC. The van der Waals surface area contributed by atoms with Crippen LogP contribution in [0.2, 0.25) is 0 Å². The number of benzene rings is 1. The summed E-state index contributed by atoms with van der Waals surface area (Å²) in [6.07, 6.45) is 2.99. The van der Waals surface area contributed by atoms with Crippen molar-refractivity contribution in [1.82, 2.24) is 5.48 Å². The molecule has 0 saturated carbocycles. The van der Waals surface area contributed by atoms with Crippen molar-refractivity contribution in [3.8, 4) is 0 Å². The lowest BCUT2D eigenvalue weighted by Gasteiger charge is -2.14. The zero-order chi connectivity index (χ0) is 16.4. The number of thiol groups is 1. The van der Waals surface area contributed by atoms with E-state index >= 15 is 0 Å². The molecule has 1 rings (SSSR count). The Morgan fingerprint density at radius 2 is 1.95 bits per heavy atom. The molecule has 0 saturated heterocycles. The Hall–Kier alpha value is -1.86. The molecule has 0 amide bonds. The van der Waals surface area contributed by atoms with Crippen LogP contribution in [-0.4, -0.2) is 25.2 Å². The molecule has 0 aliphatic heterocycles. The van der Waals surface area contributed by atoms with Crippen molar-refractivity contribution >= 4 is 22.2 Å². The van der Waals surface area contributed by atoms with Gasteiger partial charge in [0.1, 0.15) is 16.5 Å². The Morgan fingerprint density at radius 3 is 2.29 bits per heavy atom. The zero-order valence-corrected chi connectivity index (χ0v) is 13.2. The van der Waals surface area contributed by atoms with E-state index < -0.39 is 10.7 Å². The van der Waals surface area contributed by atoms with Crippen LogP contribution in [0.4, 0.5) is 5.69 Å². The van der Waals surface area contributed by atoms with E-state index in [-0.39, 0.29) is 11.6 Å². The van der Waals surface area contributed by atoms with Gasteiger partial charge in [-0.2, -0.15) is 0 Å². The standard InChI is InChI=1S/C11H17N3O.C3H6O2S/c1-3-7-8(4-2)10(12)6-5-9(7)11(13)14-15;1-2-3-6(4)5/h5-6,15H,3-4,12H2,1-2H3,(H2,13,14);2,6H,1,3H2. The van der Waals surface area contributed by atoms with E-state index in [1.807, 2.05) is 19.3 Å². The van der Waals surface area contributed by atoms with Crippen molar-refractivity contribution in [1.29, 1.82) is 5.41 Å². The van der Waals surface area contributed by atoms with Crippen molar-refractivity contribution in [2.24, 2.45) is 0 Å². The van der Waals surface area contributed by atoms with Crippen molar-refractivity contribution in [3.63, 3.8) is 0 Å². The van der Waals surface area contributed by atoms with Gasteiger partial charge in [0.05, 0.1) is 5.75 Å². The second-order valence-corrected chi connectivity index (χ2v) is 5.19. The summed E-state index contributed by atoms with van der Waals surface area (Å²) in [7, 11) is -2.22. The maximum atomic E-state index is 9.57. The van der Waals surface area contributed by atoms with Gasteiger partial charge in [-0.15, -0.1) is 6.58 Å². The highest BCUT2D eigenvalue weighted by molar-refractivity contribution is 7.72. The van der Waals surface area contributed by atoms with E-state index in [1.165, 1.54) is 6.08 Å². The highest BCUT2D eigenvalue weighted by atomic mass is 32.2. The second-order valence-electron chi connectivity index (χ2n) is 4.16. The Morgan fingerprint density at radius 1 is 1.38 bits per heavy atom. The number of amidine groups is 1. The molecule has 1 aromatic rings. The van der Waals surface area contributed by atoms with Gasteiger partial charge in [-0.1, -0.05) is 19.9 Å². The van der Waals surface area contributed by atoms with E-state index in [0.717, 1.165) is 29.7 Å². The smallest absolute Gasteiger partial charge is 0.149 e. The summed E-state index contributed by atoms with van der Waals surface area (Å²) < 4.78 is 19.1.